The molecule has 1 amide bonds. The lowest BCUT2D eigenvalue weighted by molar-refractivity contribution is -0.121. The molecule has 1 saturated heterocycles. The Labute approximate surface area is 159 Å². The SMILES string of the molecule is Cc1nncn1CCN1CCC(CCC(=O)NCc2ccc(F)cc2)CC1. The van der Waals surface area contributed by atoms with Crippen LogP contribution in [-0.2, 0) is 17.9 Å². The summed E-state index contributed by atoms with van der Waals surface area (Å²) in [5, 5.41) is 10.8. The van der Waals surface area contributed by atoms with Crippen molar-refractivity contribution in [1.29, 1.82) is 0 Å². The summed E-state index contributed by atoms with van der Waals surface area (Å²) in [7, 11) is 0. The van der Waals surface area contributed by atoms with E-state index in [9.17, 15) is 9.18 Å². The van der Waals surface area contributed by atoms with E-state index in [0.29, 0.717) is 18.9 Å². The van der Waals surface area contributed by atoms with Crippen LogP contribution < -0.4 is 5.32 Å². The zero-order chi connectivity index (χ0) is 19.1. The van der Waals surface area contributed by atoms with Crippen molar-refractivity contribution in [1.82, 2.24) is 25.0 Å². The molecule has 7 heteroatoms. The highest BCUT2D eigenvalue weighted by Gasteiger charge is 2.19. The number of hydrogen-bond donors (Lipinski definition) is 1. The maximum atomic E-state index is 12.9. The number of carbonyl (C=O) groups excluding carboxylic acids is 1. The van der Waals surface area contributed by atoms with E-state index in [-0.39, 0.29) is 11.7 Å². The molecule has 27 heavy (non-hydrogen) atoms. The molecule has 1 fully saturated rings. The second-order valence-electron chi connectivity index (χ2n) is 7.30. The molecule has 2 aromatic rings. The summed E-state index contributed by atoms with van der Waals surface area (Å²) in [6.07, 6.45) is 5.57. The molecule has 2 heterocycles. The van der Waals surface area contributed by atoms with Crippen LogP contribution in [-0.4, -0.2) is 45.2 Å². The van der Waals surface area contributed by atoms with E-state index in [4.69, 9.17) is 0 Å². The number of piperidine rings is 1. The highest BCUT2D eigenvalue weighted by atomic mass is 19.1. The summed E-state index contributed by atoms with van der Waals surface area (Å²) in [4.78, 5) is 14.5. The normalized spacial score (nSPS) is 15.8. The Balaban J connectivity index is 1.29. The fraction of sp³-hybridized carbons (Fsp3) is 0.550. The topological polar surface area (TPSA) is 63.1 Å². The summed E-state index contributed by atoms with van der Waals surface area (Å²) in [6, 6.07) is 6.24. The maximum Gasteiger partial charge on any atom is 0.220 e. The van der Waals surface area contributed by atoms with Crippen molar-refractivity contribution in [3.63, 3.8) is 0 Å². The summed E-state index contributed by atoms with van der Waals surface area (Å²) in [5.74, 6) is 1.39. The Morgan fingerprint density at radius 1 is 1.22 bits per heavy atom. The second-order valence-corrected chi connectivity index (χ2v) is 7.30. The smallest absolute Gasteiger partial charge is 0.220 e. The highest BCUT2D eigenvalue weighted by Crippen LogP contribution is 2.21. The minimum atomic E-state index is -0.256. The first kappa shape index (κ1) is 19.5. The van der Waals surface area contributed by atoms with Gasteiger partial charge in [-0.3, -0.25) is 4.79 Å². The average molecular weight is 373 g/mol. The lowest BCUT2D eigenvalue weighted by atomic mass is 9.92. The Kier molecular flexibility index (Phi) is 6.92. The van der Waals surface area contributed by atoms with Crippen LogP contribution in [0.25, 0.3) is 0 Å². The average Bonchev–Trinajstić information content (AvgIpc) is 3.10. The maximum absolute atomic E-state index is 12.9. The van der Waals surface area contributed by atoms with Gasteiger partial charge in [-0.2, -0.15) is 0 Å². The number of aromatic nitrogens is 3. The molecule has 0 radical (unpaired) electrons. The predicted molar refractivity (Wildman–Crippen MR) is 101 cm³/mol. The zero-order valence-corrected chi connectivity index (χ0v) is 15.9. The van der Waals surface area contributed by atoms with Gasteiger partial charge < -0.3 is 14.8 Å². The number of halogens is 1. The highest BCUT2D eigenvalue weighted by molar-refractivity contribution is 5.75. The lowest BCUT2D eigenvalue weighted by Gasteiger charge is -2.32. The number of nitrogens with zero attached hydrogens (tertiary/aromatic N) is 4. The first-order valence-electron chi connectivity index (χ1n) is 9.68. The number of amides is 1. The fourth-order valence-electron chi connectivity index (χ4n) is 3.51. The number of carbonyl (C=O) groups is 1. The van der Waals surface area contributed by atoms with Crippen LogP contribution in [0.4, 0.5) is 4.39 Å². The van der Waals surface area contributed by atoms with Crippen molar-refractivity contribution < 1.29 is 9.18 Å². The van der Waals surface area contributed by atoms with Crippen molar-refractivity contribution in [3.05, 3.63) is 47.8 Å². The van der Waals surface area contributed by atoms with Gasteiger partial charge in [-0.1, -0.05) is 12.1 Å². The van der Waals surface area contributed by atoms with Crippen molar-refractivity contribution in [2.45, 2.75) is 45.7 Å². The van der Waals surface area contributed by atoms with Crippen molar-refractivity contribution >= 4 is 5.91 Å². The number of rotatable bonds is 8. The lowest BCUT2D eigenvalue weighted by Crippen LogP contribution is -2.36. The molecule has 0 atom stereocenters. The zero-order valence-electron chi connectivity index (χ0n) is 15.9. The van der Waals surface area contributed by atoms with Gasteiger partial charge in [0, 0.05) is 26.1 Å². The van der Waals surface area contributed by atoms with Gasteiger partial charge in [0.1, 0.15) is 18.0 Å². The van der Waals surface area contributed by atoms with Crippen LogP contribution in [0.1, 0.15) is 37.1 Å². The van der Waals surface area contributed by atoms with E-state index in [1.54, 1.807) is 18.5 Å². The third-order valence-electron chi connectivity index (χ3n) is 5.36. The molecular weight excluding hydrogens is 345 g/mol. The summed E-state index contributed by atoms with van der Waals surface area (Å²) in [6.45, 7) is 6.55. The van der Waals surface area contributed by atoms with Crippen LogP contribution >= 0.6 is 0 Å². The Morgan fingerprint density at radius 3 is 2.63 bits per heavy atom. The second kappa shape index (κ2) is 9.60. The van der Waals surface area contributed by atoms with Gasteiger partial charge in [0.25, 0.3) is 0 Å². The van der Waals surface area contributed by atoms with Gasteiger partial charge in [-0.05, 0) is 62.9 Å². The van der Waals surface area contributed by atoms with E-state index < -0.39 is 0 Å². The molecule has 146 valence electrons. The van der Waals surface area contributed by atoms with Crippen LogP contribution in [0.15, 0.2) is 30.6 Å². The largest absolute Gasteiger partial charge is 0.352 e. The molecular formula is C20H28FN5O. The van der Waals surface area contributed by atoms with Gasteiger partial charge in [0.2, 0.25) is 5.91 Å². The quantitative estimate of drug-likeness (QED) is 0.772. The van der Waals surface area contributed by atoms with E-state index in [2.05, 4.69) is 25.0 Å². The molecule has 0 unspecified atom stereocenters. The minimum absolute atomic E-state index is 0.0739. The number of nitrogens with one attached hydrogen (secondary N) is 1. The molecule has 1 N–H and O–H groups in total. The van der Waals surface area contributed by atoms with Crippen molar-refractivity contribution in [3.8, 4) is 0 Å². The van der Waals surface area contributed by atoms with Crippen molar-refractivity contribution in [2.75, 3.05) is 19.6 Å². The fourth-order valence-corrected chi connectivity index (χ4v) is 3.51. The van der Waals surface area contributed by atoms with E-state index in [0.717, 1.165) is 56.8 Å². The molecule has 1 aromatic carbocycles. The third-order valence-corrected chi connectivity index (χ3v) is 5.36. The van der Waals surface area contributed by atoms with Crippen LogP contribution in [0.5, 0.6) is 0 Å². The monoisotopic (exact) mass is 373 g/mol. The number of aryl methyl sites for hydroxylation is 1. The Morgan fingerprint density at radius 2 is 1.96 bits per heavy atom. The third kappa shape index (κ3) is 6.13. The van der Waals surface area contributed by atoms with Gasteiger partial charge in [-0.25, -0.2) is 4.39 Å². The summed E-state index contributed by atoms with van der Waals surface area (Å²) in [5.41, 5.74) is 0.918. The van der Waals surface area contributed by atoms with Gasteiger partial charge in [0.15, 0.2) is 0 Å². The first-order valence-corrected chi connectivity index (χ1v) is 9.68. The molecule has 3 rings (SSSR count). The van der Waals surface area contributed by atoms with Crippen LogP contribution in [0.3, 0.4) is 0 Å². The van der Waals surface area contributed by atoms with E-state index in [1.807, 2.05) is 6.92 Å². The van der Waals surface area contributed by atoms with Crippen molar-refractivity contribution in [2.24, 2.45) is 5.92 Å². The Hall–Kier alpha value is -2.28. The number of hydrogen-bond acceptors (Lipinski definition) is 4. The number of likely N-dealkylation sites (tertiary alicyclic amines) is 1. The summed E-state index contributed by atoms with van der Waals surface area (Å²) < 4.78 is 15.0. The molecule has 1 aliphatic heterocycles. The molecule has 0 saturated carbocycles. The molecule has 0 spiro atoms. The van der Waals surface area contributed by atoms with Crippen LogP contribution in [0.2, 0.25) is 0 Å². The molecule has 6 nitrogen and oxygen atoms in total. The van der Waals surface area contributed by atoms with Gasteiger partial charge in [-0.15, -0.1) is 10.2 Å². The molecule has 0 bridgehead atoms. The molecule has 1 aliphatic rings. The number of benzene rings is 1. The van der Waals surface area contributed by atoms with E-state index in [1.165, 1.54) is 12.1 Å². The standard InChI is InChI=1S/C20H28FN5O/c1-16-24-23-15-26(16)13-12-25-10-8-17(9-11-25)4-7-20(27)22-14-18-2-5-19(21)6-3-18/h2-3,5-6,15,17H,4,7-14H2,1H3,(H,22,27). The molecule has 0 aliphatic carbocycles. The first-order chi connectivity index (χ1) is 13.1. The summed E-state index contributed by atoms with van der Waals surface area (Å²) >= 11 is 0. The molecule has 1 aromatic heterocycles. The van der Waals surface area contributed by atoms with E-state index >= 15 is 0 Å². The van der Waals surface area contributed by atoms with Crippen LogP contribution in [0, 0.1) is 18.7 Å². The van der Waals surface area contributed by atoms with Gasteiger partial charge in [0.05, 0.1) is 0 Å². The minimum Gasteiger partial charge on any atom is -0.352 e. The predicted octanol–water partition coefficient (Wildman–Crippen LogP) is 2.53. The Bertz CT molecular complexity index is 722. The van der Waals surface area contributed by atoms with Gasteiger partial charge >= 0.3 is 0 Å².